The Labute approximate surface area is 226 Å². The number of aromatic hydroxyl groups is 1. The third-order valence-electron chi connectivity index (χ3n) is 5.78. The molecule has 0 saturated carbocycles. The lowest BCUT2D eigenvalue weighted by Crippen LogP contribution is -2.27. The molecule has 3 aromatic rings. The number of hydrogen-bond donors (Lipinski definition) is 2. The molecule has 204 valence electrons. The van der Waals surface area contributed by atoms with Crippen molar-refractivity contribution in [1.29, 1.82) is 0 Å². The van der Waals surface area contributed by atoms with Crippen LogP contribution in [0.15, 0.2) is 54.6 Å². The Morgan fingerprint density at radius 3 is 2.31 bits per heavy atom. The van der Waals surface area contributed by atoms with Crippen LogP contribution >= 0.6 is 0 Å². The van der Waals surface area contributed by atoms with Gasteiger partial charge in [0.15, 0.2) is 6.61 Å². The summed E-state index contributed by atoms with van der Waals surface area (Å²) in [7, 11) is 0. The van der Waals surface area contributed by atoms with Gasteiger partial charge in [0.1, 0.15) is 28.6 Å². The Balaban J connectivity index is 1.80. The van der Waals surface area contributed by atoms with Crippen molar-refractivity contribution in [2.75, 3.05) is 18.5 Å². The maximum Gasteiger partial charge on any atom is 0.344 e. The average Bonchev–Trinajstić information content (AvgIpc) is 2.84. The summed E-state index contributed by atoms with van der Waals surface area (Å²) in [5.41, 5.74) is 2.19. The van der Waals surface area contributed by atoms with Gasteiger partial charge in [0.25, 0.3) is 0 Å². The van der Waals surface area contributed by atoms with Crippen molar-refractivity contribution in [3.05, 3.63) is 76.9 Å². The molecule has 1 aliphatic rings. The average molecular weight is 534 g/mol. The highest BCUT2D eigenvalue weighted by atomic mass is 16.6. The van der Waals surface area contributed by atoms with E-state index in [4.69, 9.17) is 18.9 Å². The highest BCUT2D eigenvalue weighted by molar-refractivity contribution is 5.94. The number of fused-ring (bicyclic) bond motifs is 2. The number of amides is 1. The zero-order chi connectivity index (χ0) is 28.3. The van der Waals surface area contributed by atoms with Crippen molar-refractivity contribution in [1.82, 2.24) is 0 Å². The summed E-state index contributed by atoms with van der Waals surface area (Å²) in [5.74, 6) is -0.607. The second-order valence-electron chi connectivity index (χ2n) is 10.0. The standard InChI is InChI=1S/C30H31NO8/c1-6-36-29(35)21-10-7-18(31-17(2)32)13-24(21)28-22-11-8-19(33)14-25(22)38-26-15-20(9-12-23(26)28)37-16-27(34)39-30(3,4)5/h7-15,28,33H,6,16H2,1-5H3,(H,31,32). The smallest absolute Gasteiger partial charge is 0.344 e. The predicted octanol–water partition coefficient (Wildman–Crippen LogP) is 5.53. The van der Waals surface area contributed by atoms with Crippen LogP contribution in [0.4, 0.5) is 5.69 Å². The second kappa shape index (κ2) is 11.1. The molecule has 9 nitrogen and oxygen atoms in total. The minimum atomic E-state index is -0.638. The van der Waals surface area contributed by atoms with E-state index >= 15 is 0 Å². The van der Waals surface area contributed by atoms with E-state index in [1.807, 2.05) is 0 Å². The van der Waals surface area contributed by atoms with Crippen LogP contribution in [0.25, 0.3) is 0 Å². The van der Waals surface area contributed by atoms with Gasteiger partial charge in [-0.1, -0.05) is 12.1 Å². The zero-order valence-corrected chi connectivity index (χ0v) is 22.5. The van der Waals surface area contributed by atoms with E-state index in [0.717, 1.165) is 0 Å². The molecule has 2 N–H and O–H groups in total. The van der Waals surface area contributed by atoms with Crippen LogP contribution in [0.1, 0.15) is 67.6 Å². The fourth-order valence-electron chi connectivity index (χ4n) is 4.39. The highest BCUT2D eigenvalue weighted by Gasteiger charge is 2.33. The van der Waals surface area contributed by atoms with Gasteiger partial charge in [0, 0.05) is 41.8 Å². The van der Waals surface area contributed by atoms with Crippen molar-refractivity contribution >= 4 is 23.5 Å². The molecule has 39 heavy (non-hydrogen) atoms. The summed E-state index contributed by atoms with van der Waals surface area (Å²) in [6.07, 6.45) is 0. The van der Waals surface area contributed by atoms with Crippen molar-refractivity contribution in [2.45, 2.75) is 46.1 Å². The molecular weight excluding hydrogens is 502 g/mol. The van der Waals surface area contributed by atoms with Gasteiger partial charge in [-0.3, -0.25) is 4.79 Å². The molecule has 0 aromatic heterocycles. The number of carbonyl (C=O) groups is 3. The van der Waals surface area contributed by atoms with E-state index in [-0.39, 0.29) is 24.9 Å². The van der Waals surface area contributed by atoms with Crippen molar-refractivity contribution in [2.24, 2.45) is 0 Å². The Morgan fingerprint density at radius 2 is 1.64 bits per heavy atom. The quantitative estimate of drug-likeness (QED) is 0.297. The zero-order valence-electron chi connectivity index (χ0n) is 22.5. The van der Waals surface area contributed by atoms with Gasteiger partial charge in [0.2, 0.25) is 5.91 Å². The third-order valence-corrected chi connectivity index (χ3v) is 5.78. The number of carbonyl (C=O) groups excluding carboxylic acids is 3. The van der Waals surface area contributed by atoms with Gasteiger partial charge in [-0.05, 0) is 63.6 Å². The summed E-state index contributed by atoms with van der Waals surface area (Å²) in [6, 6.07) is 14.9. The molecule has 1 aliphatic heterocycles. The molecule has 1 heterocycles. The maximum absolute atomic E-state index is 13.0. The van der Waals surface area contributed by atoms with Gasteiger partial charge in [-0.25, -0.2) is 9.59 Å². The van der Waals surface area contributed by atoms with Crippen LogP contribution in [-0.4, -0.2) is 41.8 Å². The van der Waals surface area contributed by atoms with Gasteiger partial charge in [-0.15, -0.1) is 0 Å². The summed E-state index contributed by atoms with van der Waals surface area (Å²) in [5, 5.41) is 12.9. The number of hydrogen-bond acceptors (Lipinski definition) is 8. The SMILES string of the molecule is CCOC(=O)c1ccc(NC(C)=O)cc1C1c2ccc(O)cc2Oc2cc(OCC(=O)OC(C)(C)C)ccc21. The summed E-state index contributed by atoms with van der Waals surface area (Å²) < 4.78 is 22.4. The van der Waals surface area contributed by atoms with E-state index in [0.29, 0.717) is 45.2 Å². The Kier molecular flexibility index (Phi) is 7.80. The monoisotopic (exact) mass is 533 g/mol. The van der Waals surface area contributed by atoms with E-state index in [1.165, 1.54) is 13.0 Å². The first-order chi connectivity index (χ1) is 18.4. The topological polar surface area (TPSA) is 120 Å². The maximum atomic E-state index is 13.0. The summed E-state index contributed by atoms with van der Waals surface area (Å²) in [4.78, 5) is 36.9. The molecule has 0 spiro atoms. The molecule has 1 unspecified atom stereocenters. The lowest BCUT2D eigenvalue weighted by molar-refractivity contribution is -0.157. The number of esters is 2. The molecule has 0 aliphatic carbocycles. The minimum absolute atomic E-state index is 0.00546. The molecule has 0 bridgehead atoms. The van der Waals surface area contributed by atoms with Crippen LogP contribution in [0, 0.1) is 0 Å². The number of anilines is 1. The molecule has 3 aromatic carbocycles. The van der Waals surface area contributed by atoms with Crippen LogP contribution in [0.2, 0.25) is 0 Å². The van der Waals surface area contributed by atoms with E-state index in [1.54, 1.807) is 76.2 Å². The fourth-order valence-corrected chi connectivity index (χ4v) is 4.39. The first-order valence-corrected chi connectivity index (χ1v) is 12.5. The number of phenols is 1. The fraction of sp³-hybridized carbons (Fsp3) is 0.300. The number of phenolic OH excluding ortho intramolecular Hbond substituents is 1. The van der Waals surface area contributed by atoms with Crippen molar-refractivity contribution < 1.29 is 38.4 Å². The normalized spacial score (nSPS) is 13.8. The molecule has 0 saturated heterocycles. The molecule has 1 atom stereocenters. The predicted molar refractivity (Wildman–Crippen MR) is 144 cm³/mol. The van der Waals surface area contributed by atoms with Crippen molar-refractivity contribution in [3.63, 3.8) is 0 Å². The van der Waals surface area contributed by atoms with Crippen LogP contribution < -0.4 is 14.8 Å². The van der Waals surface area contributed by atoms with Gasteiger partial charge >= 0.3 is 11.9 Å². The number of rotatable bonds is 7. The molecule has 0 fully saturated rings. The second-order valence-corrected chi connectivity index (χ2v) is 10.0. The lowest BCUT2D eigenvalue weighted by atomic mass is 9.80. The Bertz CT molecular complexity index is 1420. The summed E-state index contributed by atoms with van der Waals surface area (Å²) >= 11 is 0. The molecule has 0 radical (unpaired) electrons. The molecule has 9 heteroatoms. The van der Waals surface area contributed by atoms with Gasteiger partial charge in [-0.2, -0.15) is 0 Å². The van der Waals surface area contributed by atoms with Crippen LogP contribution in [0.3, 0.4) is 0 Å². The first kappa shape index (κ1) is 27.5. The van der Waals surface area contributed by atoms with Crippen LogP contribution in [-0.2, 0) is 19.1 Å². The van der Waals surface area contributed by atoms with E-state index < -0.39 is 23.5 Å². The van der Waals surface area contributed by atoms with Crippen molar-refractivity contribution in [3.8, 4) is 23.0 Å². The first-order valence-electron chi connectivity index (χ1n) is 12.5. The number of nitrogens with one attached hydrogen (secondary N) is 1. The van der Waals surface area contributed by atoms with Gasteiger partial charge < -0.3 is 29.4 Å². The third kappa shape index (κ3) is 6.49. The van der Waals surface area contributed by atoms with E-state index in [9.17, 15) is 19.5 Å². The largest absolute Gasteiger partial charge is 0.508 e. The molecule has 4 rings (SSSR count). The Hall–Kier alpha value is -4.53. The number of benzene rings is 3. The van der Waals surface area contributed by atoms with Crippen LogP contribution in [0.5, 0.6) is 23.0 Å². The Morgan fingerprint density at radius 1 is 0.949 bits per heavy atom. The minimum Gasteiger partial charge on any atom is -0.508 e. The highest BCUT2D eigenvalue weighted by Crippen LogP contribution is 2.50. The van der Waals surface area contributed by atoms with Gasteiger partial charge in [0.05, 0.1) is 12.2 Å². The summed E-state index contributed by atoms with van der Waals surface area (Å²) in [6.45, 7) is 8.35. The lowest BCUT2D eigenvalue weighted by Gasteiger charge is -2.30. The van der Waals surface area contributed by atoms with E-state index in [2.05, 4.69) is 5.32 Å². The molecule has 1 amide bonds. The number of ether oxygens (including phenoxy) is 4. The molecular formula is C30H31NO8.